The molecule has 0 radical (unpaired) electrons. The first-order chi connectivity index (χ1) is 31.0. The molecule has 0 bridgehead atoms. The molecule has 6 heteroatoms. The average molecular weight is 885 g/mol. The summed E-state index contributed by atoms with van der Waals surface area (Å²) in [5.41, 5.74) is 0. The van der Waals surface area contributed by atoms with Crippen LogP contribution in [0.5, 0.6) is 0 Å². The zero-order chi connectivity index (χ0) is 45.8. The summed E-state index contributed by atoms with van der Waals surface area (Å²) in [6, 6.07) is 0. The van der Waals surface area contributed by atoms with Crippen LogP contribution in [0.1, 0.15) is 290 Å². The Balaban J connectivity index is 4.36. The summed E-state index contributed by atoms with van der Waals surface area (Å²) in [6.45, 7) is 6.62. The number of rotatable bonds is 50. The first-order valence-electron chi connectivity index (χ1n) is 27.5. The van der Waals surface area contributed by atoms with Crippen LogP contribution in [0.2, 0.25) is 0 Å². The summed E-state index contributed by atoms with van der Waals surface area (Å²) in [4.78, 5) is 38.0. The van der Waals surface area contributed by atoms with Crippen LogP contribution in [0.3, 0.4) is 0 Å². The Morgan fingerprint density at radius 1 is 0.317 bits per heavy atom. The lowest BCUT2D eigenvalue weighted by Gasteiger charge is -2.18. The zero-order valence-corrected chi connectivity index (χ0v) is 42.1. The second-order valence-corrected chi connectivity index (χ2v) is 18.5. The average Bonchev–Trinajstić information content (AvgIpc) is 3.28. The Hall–Kier alpha value is -2.37. The smallest absolute Gasteiger partial charge is 0.306 e. The molecule has 6 nitrogen and oxygen atoms in total. The number of esters is 3. The van der Waals surface area contributed by atoms with Crippen molar-refractivity contribution in [1.82, 2.24) is 0 Å². The first-order valence-corrected chi connectivity index (χ1v) is 27.5. The minimum absolute atomic E-state index is 0.0758. The van der Waals surface area contributed by atoms with Gasteiger partial charge in [0, 0.05) is 19.3 Å². The highest BCUT2D eigenvalue weighted by Gasteiger charge is 2.19. The highest BCUT2D eigenvalue weighted by molar-refractivity contribution is 5.71. The molecule has 0 fully saturated rings. The van der Waals surface area contributed by atoms with Crippen LogP contribution in [0.25, 0.3) is 0 Å². The number of carbonyl (C=O) groups excluding carboxylic acids is 3. The number of ether oxygens (including phenoxy) is 3. The minimum Gasteiger partial charge on any atom is -0.462 e. The summed E-state index contributed by atoms with van der Waals surface area (Å²) in [5.74, 6) is -0.877. The van der Waals surface area contributed by atoms with Crippen molar-refractivity contribution >= 4 is 17.9 Å². The molecule has 0 aromatic carbocycles. The molecule has 0 amide bonds. The maximum absolute atomic E-state index is 12.8. The highest BCUT2D eigenvalue weighted by atomic mass is 16.6. The molecule has 0 spiro atoms. The molecule has 368 valence electrons. The number of hydrogen-bond donors (Lipinski definition) is 0. The zero-order valence-electron chi connectivity index (χ0n) is 42.1. The molecule has 63 heavy (non-hydrogen) atoms. The normalized spacial score (nSPS) is 12.2. The monoisotopic (exact) mass is 885 g/mol. The van der Waals surface area contributed by atoms with Gasteiger partial charge in [-0.15, -0.1) is 0 Å². The summed E-state index contributed by atoms with van der Waals surface area (Å²) < 4.78 is 16.8. The van der Waals surface area contributed by atoms with E-state index in [2.05, 4.69) is 57.2 Å². The van der Waals surface area contributed by atoms with Crippen molar-refractivity contribution < 1.29 is 28.6 Å². The summed E-state index contributed by atoms with van der Waals surface area (Å²) in [5, 5.41) is 0. The van der Waals surface area contributed by atoms with Crippen LogP contribution in [0.15, 0.2) is 36.5 Å². The molecule has 0 rings (SSSR count). The molecule has 0 N–H and O–H groups in total. The molecule has 0 aromatic rings. The Morgan fingerprint density at radius 2 is 0.571 bits per heavy atom. The van der Waals surface area contributed by atoms with Crippen molar-refractivity contribution in [3.05, 3.63) is 36.5 Å². The van der Waals surface area contributed by atoms with E-state index in [9.17, 15) is 14.4 Å². The van der Waals surface area contributed by atoms with Crippen LogP contribution in [0.4, 0.5) is 0 Å². The van der Waals surface area contributed by atoms with Crippen LogP contribution in [-0.2, 0) is 28.6 Å². The van der Waals surface area contributed by atoms with E-state index in [1.54, 1.807) is 0 Å². The van der Waals surface area contributed by atoms with E-state index >= 15 is 0 Å². The highest BCUT2D eigenvalue weighted by Crippen LogP contribution is 2.16. The van der Waals surface area contributed by atoms with Crippen LogP contribution < -0.4 is 0 Å². The number of hydrogen-bond acceptors (Lipinski definition) is 6. The van der Waals surface area contributed by atoms with Crippen molar-refractivity contribution in [1.29, 1.82) is 0 Å². The van der Waals surface area contributed by atoms with Crippen molar-refractivity contribution in [2.45, 2.75) is 297 Å². The van der Waals surface area contributed by atoms with E-state index in [1.165, 1.54) is 173 Å². The molecule has 0 aliphatic carbocycles. The fraction of sp³-hybridized carbons (Fsp3) is 0.842. The van der Waals surface area contributed by atoms with E-state index in [4.69, 9.17) is 14.2 Å². The molecular formula is C57H104O6. The molecule has 1 atom stereocenters. The third-order valence-corrected chi connectivity index (χ3v) is 12.1. The third-order valence-electron chi connectivity index (χ3n) is 12.1. The fourth-order valence-corrected chi connectivity index (χ4v) is 7.94. The Kier molecular flexibility index (Phi) is 50.3. The predicted octanol–water partition coefficient (Wildman–Crippen LogP) is 18.1. The van der Waals surface area contributed by atoms with Crippen LogP contribution in [-0.4, -0.2) is 37.2 Å². The van der Waals surface area contributed by atoms with E-state index < -0.39 is 6.10 Å². The molecule has 0 heterocycles. The van der Waals surface area contributed by atoms with Gasteiger partial charge in [-0.2, -0.15) is 0 Å². The second-order valence-electron chi connectivity index (χ2n) is 18.5. The number of unbranched alkanes of at least 4 members (excludes halogenated alkanes) is 33. The predicted molar refractivity (Wildman–Crippen MR) is 270 cm³/mol. The number of allylic oxidation sites excluding steroid dienone is 6. The van der Waals surface area contributed by atoms with Gasteiger partial charge in [0.15, 0.2) is 6.10 Å². The first kappa shape index (κ1) is 60.6. The maximum atomic E-state index is 12.8. The Morgan fingerprint density at radius 3 is 0.937 bits per heavy atom. The largest absolute Gasteiger partial charge is 0.462 e. The van der Waals surface area contributed by atoms with Crippen molar-refractivity contribution in [3.63, 3.8) is 0 Å². The molecule has 0 aromatic heterocycles. The van der Waals surface area contributed by atoms with Gasteiger partial charge >= 0.3 is 17.9 Å². The quantitative estimate of drug-likeness (QED) is 0.0262. The summed E-state index contributed by atoms with van der Waals surface area (Å²) in [7, 11) is 0. The molecule has 0 saturated carbocycles. The molecule has 0 aliphatic heterocycles. The van der Waals surface area contributed by atoms with Gasteiger partial charge in [-0.25, -0.2) is 0 Å². The van der Waals surface area contributed by atoms with Gasteiger partial charge in [0.1, 0.15) is 13.2 Å². The minimum atomic E-state index is -0.775. The van der Waals surface area contributed by atoms with E-state index in [0.717, 1.165) is 77.0 Å². The molecular weight excluding hydrogens is 781 g/mol. The van der Waals surface area contributed by atoms with Crippen LogP contribution >= 0.6 is 0 Å². The van der Waals surface area contributed by atoms with Gasteiger partial charge in [-0.3, -0.25) is 14.4 Å². The van der Waals surface area contributed by atoms with Crippen molar-refractivity contribution in [2.24, 2.45) is 0 Å². The lowest BCUT2D eigenvalue weighted by Crippen LogP contribution is -2.30. The van der Waals surface area contributed by atoms with Crippen molar-refractivity contribution in [3.8, 4) is 0 Å². The lowest BCUT2D eigenvalue weighted by atomic mass is 10.0. The Labute approximate surface area is 391 Å². The van der Waals surface area contributed by atoms with Gasteiger partial charge in [0.25, 0.3) is 0 Å². The van der Waals surface area contributed by atoms with E-state index in [1.807, 2.05) is 0 Å². The maximum Gasteiger partial charge on any atom is 0.306 e. The molecule has 0 aliphatic rings. The van der Waals surface area contributed by atoms with Gasteiger partial charge in [0.2, 0.25) is 0 Å². The fourth-order valence-electron chi connectivity index (χ4n) is 7.94. The van der Waals surface area contributed by atoms with Crippen molar-refractivity contribution in [2.75, 3.05) is 13.2 Å². The summed E-state index contributed by atoms with van der Waals surface area (Å²) >= 11 is 0. The van der Waals surface area contributed by atoms with E-state index in [0.29, 0.717) is 19.3 Å². The van der Waals surface area contributed by atoms with E-state index in [-0.39, 0.29) is 31.1 Å². The molecule has 0 unspecified atom stereocenters. The molecule has 0 saturated heterocycles. The second kappa shape index (κ2) is 52.3. The van der Waals surface area contributed by atoms with Gasteiger partial charge in [-0.1, -0.05) is 231 Å². The Bertz CT molecular complexity index is 1060. The lowest BCUT2D eigenvalue weighted by molar-refractivity contribution is -0.167. The number of carbonyl (C=O) groups is 3. The topological polar surface area (TPSA) is 78.9 Å². The van der Waals surface area contributed by atoms with Crippen LogP contribution in [0, 0.1) is 0 Å². The van der Waals surface area contributed by atoms with Gasteiger partial charge < -0.3 is 14.2 Å². The summed E-state index contributed by atoms with van der Waals surface area (Å²) in [6.07, 6.45) is 61.2. The van der Waals surface area contributed by atoms with Gasteiger partial charge in [-0.05, 0) is 77.0 Å². The van der Waals surface area contributed by atoms with Gasteiger partial charge in [0.05, 0.1) is 0 Å². The SMILES string of the molecule is CCCCC/C=C\C/C=C\CCCCCCCCCC(=O)OC[C@@H](COC(=O)CCCCCCC/C=C\CCCCCC)OC(=O)CCCCCCCCCCCCCCCCC. The standard InChI is InChI=1S/C57H104O6/c1-4-7-10-13-16-19-22-25-27-28-30-32-35-38-41-44-47-50-56(59)62-53-54(52-61-55(58)49-46-43-40-37-34-31-24-21-18-15-12-9-6-3)63-57(60)51-48-45-42-39-36-33-29-26-23-20-17-14-11-8-5-2/h16,19,21,24-25,27,54H,4-15,17-18,20,22-23,26,28-53H2,1-3H3/b19-16-,24-21-,27-25-/t54-/m1/s1. The third kappa shape index (κ3) is 50.5.